The summed E-state index contributed by atoms with van der Waals surface area (Å²) in [6, 6.07) is 10.1. The second kappa shape index (κ2) is 6.28. The number of hydrogen-bond donors (Lipinski definition) is 1. The predicted octanol–water partition coefficient (Wildman–Crippen LogP) is 2.60. The van der Waals surface area contributed by atoms with Crippen molar-refractivity contribution in [1.29, 1.82) is 0 Å². The zero-order valence-corrected chi connectivity index (χ0v) is 10.5. The van der Waals surface area contributed by atoms with Gasteiger partial charge in [-0.3, -0.25) is 0 Å². The average Bonchev–Trinajstić information content (AvgIpc) is 2.85. The molecule has 2 rings (SSSR count). The minimum Gasteiger partial charge on any atom is -0.476 e. The number of nitrogens with zero attached hydrogens (tertiary/aromatic N) is 1. The molecule has 1 N–H and O–H groups in total. The molecule has 1 heterocycles. The van der Waals surface area contributed by atoms with Crippen molar-refractivity contribution >= 4 is 17.3 Å². The SMILES string of the molecule is O=C(O)c1nc(COCCc2ccccc2)cs1. The van der Waals surface area contributed by atoms with E-state index in [1.807, 2.05) is 18.2 Å². The molecule has 1 aromatic heterocycles. The lowest BCUT2D eigenvalue weighted by Crippen LogP contribution is -2.00. The number of rotatable bonds is 6. The standard InChI is InChI=1S/C13H13NO3S/c15-13(16)12-14-11(9-18-12)8-17-7-6-10-4-2-1-3-5-10/h1-5,9H,6-8H2,(H,15,16). The molecule has 0 unspecified atom stereocenters. The summed E-state index contributed by atoms with van der Waals surface area (Å²) in [5.41, 5.74) is 1.90. The van der Waals surface area contributed by atoms with Crippen LogP contribution < -0.4 is 0 Å². The summed E-state index contributed by atoms with van der Waals surface area (Å²) in [5, 5.41) is 10.5. The molecule has 0 spiro atoms. The van der Waals surface area contributed by atoms with E-state index in [0.717, 1.165) is 17.8 Å². The Balaban J connectivity index is 1.73. The summed E-state index contributed by atoms with van der Waals surface area (Å²) in [6.45, 7) is 0.959. The molecular weight excluding hydrogens is 250 g/mol. The van der Waals surface area contributed by atoms with Gasteiger partial charge in [0.1, 0.15) is 0 Å². The highest BCUT2D eigenvalue weighted by Crippen LogP contribution is 2.10. The number of carboxylic acid groups (broad SMARTS) is 1. The van der Waals surface area contributed by atoms with E-state index in [1.165, 1.54) is 5.56 Å². The number of hydrogen-bond acceptors (Lipinski definition) is 4. The van der Waals surface area contributed by atoms with Crippen molar-refractivity contribution in [3.8, 4) is 0 Å². The van der Waals surface area contributed by atoms with Crippen LogP contribution in [0.5, 0.6) is 0 Å². The highest BCUT2D eigenvalue weighted by Gasteiger charge is 2.08. The van der Waals surface area contributed by atoms with Crippen molar-refractivity contribution in [2.45, 2.75) is 13.0 Å². The zero-order valence-electron chi connectivity index (χ0n) is 9.70. The Morgan fingerprint density at radius 1 is 1.33 bits per heavy atom. The fraction of sp³-hybridized carbons (Fsp3) is 0.231. The topological polar surface area (TPSA) is 59.4 Å². The summed E-state index contributed by atoms with van der Waals surface area (Å²) in [6.07, 6.45) is 0.844. The molecule has 94 valence electrons. The molecule has 0 saturated carbocycles. The number of aromatic carboxylic acids is 1. The first-order chi connectivity index (χ1) is 8.75. The number of carbonyl (C=O) groups is 1. The first-order valence-electron chi connectivity index (χ1n) is 5.55. The predicted molar refractivity (Wildman–Crippen MR) is 68.9 cm³/mol. The molecule has 0 aliphatic heterocycles. The fourth-order valence-corrected chi connectivity index (χ4v) is 2.12. The van der Waals surface area contributed by atoms with E-state index in [0.29, 0.717) is 18.9 Å². The Bertz CT molecular complexity index is 510. The lowest BCUT2D eigenvalue weighted by molar-refractivity contribution is 0.0695. The van der Waals surface area contributed by atoms with Gasteiger partial charge >= 0.3 is 5.97 Å². The van der Waals surface area contributed by atoms with E-state index in [9.17, 15) is 4.79 Å². The molecule has 4 nitrogen and oxygen atoms in total. The van der Waals surface area contributed by atoms with Crippen LogP contribution in [0.1, 0.15) is 21.1 Å². The van der Waals surface area contributed by atoms with Crippen LogP contribution in [0.25, 0.3) is 0 Å². The molecule has 5 heteroatoms. The minimum atomic E-state index is -0.990. The van der Waals surface area contributed by atoms with E-state index >= 15 is 0 Å². The van der Waals surface area contributed by atoms with Gasteiger partial charge in [-0.2, -0.15) is 0 Å². The van der Waals surface area contributed by atoms with Crippen LogP contribution in [-0.2, 0) is 17.8 Å². The summed E-state index contributed by atoms with van der Waals surface area (Å²) < 4.78 is 5.47. The summed E-state index contributed by atoms with van der Waals surface area (Å²) in [5.74, 6) is -0.990. The zero-order chi connectivity index (χ0) is 12.8. The highest BCUT2D eigenvalue weighted by molar-refractivity contribution is 7.11. The Morgan fingerprint density at radius 3 is 2.78 bits per heavy atom. The lowest BCUT2D eigenvalue weighted by atomic mass is 10.2. The van der Waals surface area contributed by atoms with Crippen molar-refractivity contribution in [3.63, 3.8) is 0 Å². The summed E-state index contributed by atoms with van der Waals surface area (Å²) >= 11 is 1.12. The Labute approximate surface area is 109 Å². The van der Waals surface area contributed by atoms with Crippen LogP contribution in [0, 0.1) is 0 Å². The van der Waals surface area contributed by atoms with Gasteiger partial charge in [-0.1, -0.05) is 30.3 Å². The Morgan fingerprint density at radius 2 is 2.11 bits per heavy atom. The van der Waals surface area contributed by atoms with Gasteiger partial charge in [0, 0.05) is 5.38 Å². The van der Waals surface area contributed by atoms with Gasteiger partial charge in [0.25, 0.3) is 0 Å². The van der Waals surface area contributed by atoms with Crippen LogP contribution in [0.15, 0.2) is 35.7 Å². The van der Waals surface area contributed by atoms with E-state index in [2.05, 4.69) is 17.1 Å². The van der Waals surface area contributed by atoms with Crippen molar-refractivity contribution in [3.05, 3.63) is 52.0 Å². The number of thiazole rings is 1. The molecule has 0 fully saturated rings. The van der Waals surface area contributed by atoms with Crippen LogP contribution in [0.4, 0.5) is 0 Å². The molecule has 0 saturated heterocycles. The molecule has 0 aliphatic carbocycles. The van der Waals surface area contributed by atoms with Gasteiger partial charge in [-0.05, 0) is 12.0 Å². The third kappa shape index (κ3) is 3.65. The molecule has 0 atom stereocenters. The van der Waals surface area contributed by atoms with Crippen LogP contribution >= 0.6 is 11.3 Å². The number of aromatic nitrogens is 1. The second-order valence-corrected chi connectivity index (χ2v) is 4.60. The highest BCUT2D eigenvalue weighted by atomic mass is 32.1. The third-order valence-corrected chi connectivity index (χ3v) is 3.24. The number of benzene rings is 1. The number of ether oxygens (including phenoxy) is 1. The van der Waals surface area contributed by atoms with Crippen LogP contribution in [-0.4, -0.2) is 22.7 Å². The maximum absolute atomic E-state index is 10.6. The molecule has 0 bridgehead atoms. The maximum Gasteiger partial charge on any atom is 0.365 e. The summed E-state index contributed by atoms with van der Waals surface area (Å²) in [7, 11) is 0. The largest absolute Gasteiger partial charge is 0.476 e. The van der Waals surface area contributed by atoms with Crippen molar-refractivity contribution in [2.24, 2.45) is 0 Å². The van der Waals surface area contributed by atoms with Crippen LogP contribution in [0.3, 0.4) is 0 Å². The Kier molecular flexibility index (Phi) is 4.44. The van der Waals surface area contributed by atoms with E-state index in [4.69, 9.17) is 9.84 Å². The Hall–Kier alpha value is -1.72. The van der Waals surface area contributed by atoms with Gasteiger partial charge < -0.3 is 9.84 Å². The minimum absolute atomic E-state index is 0.108. The van der Waals surface area contributed by atoms with Gasteiger partial charge in [0.05, 0.1) is 18.9 Å². The van der Waals surface area contributed by atoms with E-state index in [1.54, 1.807) is 5.38 Å². The molecule has 0 aliphatic rings. The van der Waals surface area contributed by atoms with Crippen molar-refractivity contribution in [1.82, 2.24) is 4.98 Å². The quantitative estimate of drug-likeness (QED) is 0.814. The lowest BCUT2D eigenvalue weighted by Gasteiger charge is -2.02. The third-order valence-electron chi connectivity index (χ3n) is 2.36. The fourth-order valence-electron chi connectivity index (χ4n) is 1.48. The normalized spacial score (nSPS) is 10.4. The van der Waals surface area contributed by atoms with Crippen LogP contribution in [0.2, 0.25) is 0 Å². The second-order valence-electron chi connectivity index (χ2n) is 3.74. The van der Waals surface area contributed by atoms with E-state index in [-0.39, 0.29) is 5.01 Å². The maximum atomic E-state index is 10.6. The molecule has 2 aromatic rings. The molecule has 0 radical (unpaired) electrons. The first kappa shape index (κ1) is 12.7. The first-order valence-corrected chi connectivity index (χ1v) is 6.43. The smallest absolute Gasteiger partial charge is 0.365 e. The van der Waals surface area contributed by atoms with Gasteiger partial charge in [0.2, 0.25) is 5.01 Å². The van der Waals surface area contributed by atoms with Crippen molar-refractivity contribution in [2.75, 3.05) is 6.61 Å². The molecule has 1 aromatic carbocycles. The molecule has 18 heavy (non-hydrogen) atoms. The summed E-state index contributed by atoms with van der Waals surface area (Å²) in [4.78, 5) is 14.6. The van der Waals surface area contributed by atoms with Gasteiger partial charge in [0.15, 0.2) is 0 Å². The van der Waals surface area contributed by atoms with Gasteiger partial charge in [-0.15, -0.1) is 11.3 Å². The molecular formula is C13H13NO3S. The molecule has 0 amide bonds. The van der Waals surface area contributed by atoms with Crippen molar-refractivity contribution < 1.29 is 14.6 Å². The van der Waals surface area contributed by atoms with E-state index < -0.39 is 5.97 Å². The monoisotopic (exact) mass is 263 g/mol. The van der Waals surface area contributed by atoms with Gasteiger partial charge in [-0.25, -0.2) is 9.78 Å². The average molecular weight is 263 g/mol. The number of carboxylic acids is 1.